The molecule has 0 aliphatic carbocycles. The van der Waals surface area contributed by atoms with E-state index in [-0.39, 0.29) is 0 Å². The van der Waals surface area contributed by atoms with Crippen LogP contribution in [0.25, 0.3) is 0 Å². The Morgan fingerprint density at radius 2 is 2.11 bits per heavy atom. The van der Waals surface area contributed by atoms with Crippen molar-refractivity contribution in [3.8, 4) is 5.75 Å². The molecule has 106 valence electrons. The van der Waals surface area contributed by atoms with Gasteiger partial charge in [0.2, 0.25) is 10.0 Å². The zero-order chi connectivity index (χ0) is 13.9. The number of sulfonamides is 1. The van der Waals surface area contributed by atoms with Gasteiger partial charge < -0.3 is 10.1 Å². The van der Waals surface area contributed by atoms with Crippen molar-refractivity contribution in [1.82, 2.24) is 10.0 Å². The maximum atomic E-state index is 12.1. The van der Waals surface area contributed by atoms with Crippen LogP contribution in [0.15, 0.2) is 23.1 Å². The third kappa shape index (κ3) is 3.68. The van der Waals surface area contributed by atoms with Crippen LogP contribution in [-0.4, -0.2) is 34.2 Å². The summed E-state index contributed by atoms with van der Waals surface area (Å²) in [6.07, 6.45) is 0.771. The topological polar surface area (TPSA) is 67.4 Å². The van der Waals surface area contributed by atoms with E-state index in [0.29, 0.717) is 30.6 Å². The van der Waals surface area contributed by atoms with Crippen LogP contribution in [0.4, 0.5) is 0 Å². The SMILES string of the molecule is CC(C)NCCNS(=O)(=O)c1ccc2c(c1)CCO2. The minimum Gasteiger partial charge on any atom is -0.493 e. The van der Waals surface area contributed by atoms with Gasteiger partial charge in [-0.1, -0.05) is 13.8 Å². The van der Waals surface area contributed by atoms with E-state index in [1.165, 1.54) is 0 Å². The van der Waals surface area contributed by atoms with Crippen molar-refractivity contribution in [3.63, 3.8) is 0 Å². The molecule has 0 saturated heterocycles. The normalized spacial score (nSPS) is 14.5. The lowest BCUT2D eigenvalue weighted by Gasteiger charge is -2.10. The number of nitrogens with one attached hydrogen (secondary N) is 2. The first-order valence-electron chi connectivity index (χ1n) is 6.48. The second kappa shape index (κ2) is 5.90. The molecule has 0 fully saturated rings. The van der Waals surface area contributed by atoms with Crippen molar-refractivity contribution in [1.29, 1.82) is 0 Å². The molecule has 1 aromatic rings. The smallest absolute Gasteiger partial charge is 0.240 e. The molecule has 0 saturated carbocycles. The van der Waals surface area contributed by atoms with E-state index < -0.39 is 10.0 Å². The van der Waals surface area contributed by atoms with Gasteiger partial charge in [-0.25, -0.2) is 13.1 Å². The molecule has 0 aromatic heterocycles. The predicted molar refractivity (Wildman–Crippen MR) is 74.0 cm³/mol. The van der Waals surface area contributed by atoms with Crippen LogP contribution < -0.4 is 14.8 Å². The fourth-order valence-corrected chi connectivity index (χ4v) is 3.04. The summed E-state index contributed by atoms with van der Waals surface area (Å²) in [6.45, 7) is 5.67. The molecule has 19 heavy (non-hydrogen) atoms. The summed E-state index contributed by atoms with van der Waals surface area (Å²) in [5.41, 5.74) is 0.961. The summed E-state index contributed by atoms with van der Waals surface area (Å²) in [7, 11) is -3.43. The van der Waals surface area contributed by atoms with Gasteiger partial charge in [-0.15, -0.1) is 0 Å². The van der Waals surface area contributed by atoms with Crippen LogP contribution in [0.2, 0.25) is 0 Å². The summed E-state index contributed by atoms with van der Waals surface area (Å²) < 4.78 is 32.2. The Bertz CT molecular complexity index is 541. The summed E-state index contributed by atoms with van der Waals surface area (Å²) >= 11 is 0. The number of fused-ring (bicyclic) bond motifs is 1. The summed E-state index contributed by atoms with van der Waals surface area (Å²) in [4.78, 5) is 0.307. The molecule has 5 nitrogen and oxygen atoms in total. The molecule has 1 aromatic carbocycles. The largest absolute Gasteiger partial charge is 0.493 e. The van der Waals surface area contributed by atoms with Crippen molar-refractivity contribution < 1.29 is 13.2 Å². The molecule has 2 rings (SSSR count). The third-order valence-electron chi connectivity index (χ3n) is 2.94. The highest BCUT2D eigenvalue weighted by Gasteiger charge is 2.18. The summed E-state index contributed by atoms with van der Waals surface area (Å²) in [5, 5.41) is 3.16. The van der Waals surface area contributed by atoms with Crippen LogP contribution >= 0.6 is 0 Å². The third-order valence-corrected chi connectivity index (χ3v) is 4.40. The minimum atomic E-state index is -3.43. The first-order chi connectivity index (χ1) is 8.99. The second-order valence-corrected chi connectivity index (χ2v) is 6.64. The van der Waals surface area contributed by atoms with Crippen LogP contribution in [0.1, 0.15) is 19.4 Å². The average molecular weight is 284 g/mol. The standard InChI is InChI=1S/C13H20N2O3S/c1-10(2)14-6-7-15-19(16,17)12-3-4-13-11(9-12)5-8-18-13/h3-4,9-10,14-15H,5-8H2,1-2H3. The second-order valence-electron chi connectivity index (χ2n) is 4.87. The van der Waals surface area contributed by atoms with Crippen molar-refractivity contribution in [2.75, 3.05) is 19.7 Å². The highest BCUT2D eigenvalue weighted by Crippen LogP contribution is 2.27. The molecule has 0 spiro atoms. The van der Waals surface area contributed by atoms with Crippen LogP contribution in [0.5, 0.6) is 5.75 Å². The Morgan fingerprint density at radius 1 is 1.32 bits per heavy atom. The van der Waals surface area contributed by atoms with Crippen molar-refractivity contribution >= 4 is 10.0 Å². The fourth-order valence-electron chi connectivity index (χ4n) is 1.96. The summed E-state index contributed by atoms with van der Waals surface area (Å²) in [6, 6.07) is 5.35. The van der Waals surface area contributed by atoms with E-state index in [4.69, 9.17) is 4.74 Å². The van der Waals surface area contributed by atoms with Gasteiger partial charge in [-0.3, -0.25) is 0 Å². The molecule has 1 aliphatic heterocycles. The summed E-state index contributed by atoms with van der Waals surface area (Å²) in [5.74, 6) is 0.792. The molecular weight excluding hydrogens is 264 g/mol. The van der Waals surface area contributed by atoms with Crippen LogP contribution in [-0.2, 0) is 16.4 Å². The maximum Gasteiger partial charge on any atom is 0.240 e. The van der Waals surface area contributed by atoms with E-state index in [1.807, 2.05) is 13.8 Å². The molecular formula is C13H20N2O3S. The monoisotopic (exact) mass is 284 g/mol. The van der Waals surface area contributed by atoms with E-state index in [0.717, 1.165) is 17.7 Å². The number of ether oxygens (including phenoxy) is 1. The van der Waals surface area contributed by atoms with E-state index in [9.17, 15) is 8.42 Å². The average Bonchev–Trinajstić information content (AvgIpc) is 2.81. The van der Waals surface area contributed by atoms with Gasteiger partial charge in [0.15, 0.2) is 0 Å². The maximum absolute atomic E-state index is 12.1. The highest BCUT2D eigenvalue weighted by atomic mass is 32.2. The predicted octanol–water partition coefficient (Wildman–Crippen LogP) is 0.898. The van der Waals surface area contributed by atoms with Gasteiger partial charge in [-0.2, -0.15) is 0 Å². The van der Waals surface area contributed by atoms with Crippen LogP contribution in [0.3, 0.4) is 0 Å². The van der Waals surface area contributed by atoms with Crippen LogP contribution in [0, 0.1) is 0 Å². The first-order valence-corrected chi connectivity index (χ1v) is 7.96. The van der Waals surface area contributed by atoms with Gasteiger partial charge >= 0.3 is 0 Å². The molecule has 0 amide bonds. The number of hydrogen-bond acceptors (Lipinski definition) is 4. The lowest BCUT2D eigenvalue weighted by molar-refractivity contribution is 0.356. The molecule has 0 bridgehead atoms. The first kappa shape index (κ1) is 14.3. The van der Waals surface area contributed by atoms with Gasteiger partial charge in [0.1, 0.15) is 5.75 Å². The molecule has 0 unspecified atom stereocenters. The molecule has 1 aliphatic rings. The fraction of sp³-hybridized carbons (Fsp3) is 0.538. The highest BCUT2D eigenvalue weighted by molar-refractivity contribution is 7.89. The Balaban J connectivity index is 1.99. The zero-order valence-corrected chi connectivity index (χ0v) is 12.1. The van der Waals surface area contributed by atoms with Gasteiger partial charge in [0.05, 0.1) is 11.5 Å². The van der Waals surface area contributed by atoms with E-state index in [2.05, 4.69) is 10.0 Å². The molecule has 1 heterocycles. The van der Waals surface area contributed by atoms with Crippen molar-refractivity contribution in [2.45, 2.75) is 31.2 Å². The molecule has 6 heteroatoms. The minimum absolute atomic E-state index is 0.307. The lowest BCUT2D eigenvalue weighted by atomic mass is 10.2. The van der Waals surface area contributed by atoms with Gasteiger partial charge in [0, 0.05) is 25.6 Å². The molecule has 0 radical (unpaired) electrons. The Labute approximate surface area is 114 Å². The lowest BCUT2D eigenvalue weighted by Crippen LogP contribution is -2.34. The van der Waals surface area contributed by atoms with E-state index in [1.54, 1.807) is 18.2 Å². The van der Waals surface area contributed by atoms with Gasteiger partial charge in [0.25, 0.3) is 0 Å². The number of hydrogen-bond donors (Lipinski definition) is 2. The number of benzene rings is 1. The van der Waals surface area contributed by atoms with E-state index >= 15 is 0 Å². The Hall–Kier alpha value is -1.11. The molecule has 0 atom stereocenters. The Morgan fingerprint density at radius 3 is 2.84 bits per heavy atom. The quantitative estimate of drug-likeness (QED) is 0.762. The Kier molecular flexibility index (Phi) is 4.44. The molecule has 2 N–H and O–H groups in total. The van der Waals surface area contributed by atoms with Gasteiger partial charge in [-0.05, 0) is 23.8 Å². The van der Waals surface area contributed by atoms with Crippen molar-refractivity contribution in [2.24, 2.45) is 0 Å². The van der Waals surface area contributed by atoms with Crippen molar-refractivity contribution in [3.05, 3.63) is 23.8 Å². The number of rotatable bonds is 6. The zero-order valence-electron chi connectivity index (χ0n) is 11.3.